The van der Waals surface area contributed by atoms with Crippen LogP contribution in [0.3, 0.4) is 0 Å². The van der Waals surface area contributed by atoms with E-state index in [2.05, 4.69) is 5.32 Å². The van der Waals surface area contributed by atoms with Crippen molar-refractivity contribution < 1.29 is 24.2 Å². The van der Waals surface area contributed by atoms with Crippen molar-refractivity contribution in [2.24, 2.45) is 5.92 Å². The van der Waals surface area contributed by atoms with Crippen molar-refractivity contribution in [2.45, 2.75) is 25.8 Å². The Hall–Kier alpha value is -2.57. The van der Waals surface area contributed by atoms with Gasteiger partial charge in [-0.1, -0.05) is 6.92 Å². The number of carbonyl (C=O) groups is 3. The second-order valence-corrected chi connectivity index (χ2v) is 6.03. The van der Waals surface area contributed by atoms with Gasteiger partial charge in [-0.05, 0) is 37.0 Å². The van der Waals surface area contributed by atoms with Crippen molar-refractivity contribution in [2.75, 3.05) is 18.5 Å². The van der Waals surface area contributed by atoms with Crippen molar-refractivity contribution in [3.8, 4) is 5.75 Å². The van der Waals surface area contributed by atoms with E-state index in [1.165, 1.54) is 11.0 Å². The van der Waals surface area contributed by atoms with Gasteiger partial charge in [-0.2, -0.15) is 0 Å². The molecule has 2 atom stereocenters. The summed E-state index contributed by atoms with van der Waals surface area (Å²) in [5, 5.41) is 12.0. The molecule has 2 heterocycles. The first-order chi connectivity index (χ1) is 11.0. The number of hydrogen-bond acceptors (Lipinski definition) is 4. The van der Waals surface area contributed by atoms with Gasteiger partial charge >= 0.3 is 5.97 Å². The molecule has 0 radical (unpaired) electrons. The molecule has 7 nitrogen and oxygen atoms in total. The molecule has 1 saturated heterocycles. The summed E-state index contributed by atoms with van der Waals surface area (Å²) >= 11 is 0. The van der Waals surface area contributed by atoms with Gasteiger partial charge in [0.15, 0.2) is 6.61 Å². The lowest BCUT2D eigenvalue weighted by Gasteiger charge is -2.36. The first-order valence-corrected chi connectivity index (χ1v) is 7.56. The zero-order chi connectivity index (χ0) is 16.6. The van der Waals surface area contributed by atoms with Gasteiger partial charge in [-0.3, -0.25) is 9.59 Å². The second-order valence-electron chi connectivity index (χ2n) is 6.03. The number of carboxylic acids is 1. The molecule has 0 aromatic heterocycles. The quantitative estimate of drug-likeness (QED) is 0.858. The molecule has 2 aliphatic rings. The zero-order valence-corrected chi connectivity index (χ0v) is 12.7. The molecule has 2 amide bonds. The maximum atomic E-state index is 12.7. The SMILES string of the molecule is CC1CCN(C(=O)c2ccc3c(c2)NC(=O)CO3)C(C(=O)O)C1. The molecule has 2 unspecified atom stereocenters. The average Bonchev–Trinajstić information content (AvgIpc) is 2.53. The van der Waals surface area contributed by atoms with Crippen LogP contribution in [-0.2, 0) is 9.59 Å². The Balaban J connectivity index is 1.86. The van der Waals surface area contributed by atoms with E-state index in [0.29, 0.717) is 30.0 Å². The van der Waals surface area contributed by atoms with E-state index in [-0.39, 0.29) is 24.3 Å². The molecule has 0 aliphatic carbocycles. The zero-order valence-electron chi connectivity index (χ0n) is 12.7. The van der Waals surface area contributed by atoms with E-state index in [9.17, 15) is 19.5 Å². The number of ether oxygens (including phenoxy) is 1. The third-order valence-electron chi connectivity index (χ3n) is 4.27. The Labute approximate surface area is 133 Å². The number of nitrogens with one attached hydrogen (secondary N) is 1. The summed E-state index contributed by atoms with van der Waals surface area (Å²) in [6, 6.07) is 3.93. The van der Waals surface area contributed by atoms with Crippen LogP contribution in [0.4, 0.5) is 5.69 Å². The van der Waals surface area contributed by atoms with Crippen molar-refractivity contribution in [1.29, 1.82) is 0 Å². The number of benzene rings is 1. The third-order valence-corrected chi connectivity index (χ3v) is 4.27. The fourth-order valence-electron chi connectivity index (χ4n) is 3.00. The predicted molar refractivity (Wildman–Crippen MR) is 81.4 cm³/mol. The van der Waals surface area contributed by atoms with E-state index < -0.39 is 12.0 Å². The molecule has 7 heteroatoms. The first kappa shape index (κ1) is 15.3. The number of aliphatic carboxylic acids is 1. The van der Waals surface area contributed by atoms with Crippen LogP contribution in [0.2, 0.25) is 0 Å². The Morgan fingerprint density at radius 2 is 2.17 bits per heavy atom. The standard InChI is InChI=1S/C16H18N2O5/c1-9-4-5-18(12(6-9)16(21)22)15(20)10-2-3-13-11(7-10)17-14(19)8-23-13/h2-3,7,9,12H,4-6,8H2,1H3,(H,17,19)(H,21,22). The van der Waals surface area contributed by atoms with Gasteiger partial charge in [0.05, 0.1) is 5.69 Å². The molecule has 2 aliphatic heterocycles. The number of anilines is 1. The highest BCUT2D eigenvalue weighted by molar-refractivity contribution is 6.01. The molecular weight excluding hydrogens is 300 g/mol. The normalized spacial score (nSPS) is 23.5. The van der Waals surface area contributed by atoms with Gasteiger partial charge in [0.1, 0.15) is 11.8 Å². The van der Waals surface area contributed by atoms with Gasteiger partial charge in [0.25, 0.3) is 11.8 Å². The molecule has 23 heavy (non-hydrogen) atoms. The second kappa shape index (κ2) is 5.91. The van der Waals surface area contributed by atoms with Crippen LogP contribution in [-0.4, -0.2) is 47.0 Å². The monoisotopic (exact) mass is 318 g/mol. The van der Waals surface area contributed by atoms with Gasteiger partial charge in [0.2, 0.25) is 0 Å². The van der Waals surface area contributed by atoms with Crippen molar-refractivity contribution in [3.63, 3.8) is 0 Å². The highest BCUT2D eigenvalue weighted by Gasteiger charge is 2.35. The summed E-state index contributed by atoms with van der Waals surface area (Å²) in [6.45, 7) is 2.35. The minimum absolute atomic E-state index is 0.0502. The molecule has 122 valence electrons. The summed E-state index contributed by atoms with van der Waals surface area (Å²) in [4.78, 5) is 36.9. The number of amides is 2. The minimum atomic E-state index is -0.987. The van der Waals surface area contributed by atoms with E-state index in [1.807, 2.05) is 6.92 Å². The van der Waals surface area contributed by atoms with Crippen molar-refractivity contribution in [1.82, 2.24) is 4.90 Å². The Bertz CT molecular complexity index is 672. The van der Waals surface area contributed by atoms with E-state index in [0.717, 1.165) is 6.42 Å². The highest BCUT2D eigenvalue weighted by Crippen LogP contribution is 2.30. The maximum Gasteiger partial charge on any atom is 0.326 e. The lowest BCUT2D eigenvalue weighted by Crippen LogP contribution is -2.49. The number of piperidine rings is 1. The topological polar surface area (TPSA) is 95.9 Å². The number of carbonyl (C=O) groups excluding carboxylic acids is 2. The highest BCUT2D eigenvalue weighted by atomic mass is 16.5. The third kappa shape index (κ3) is 2.99. The van der Waals surface area contributed by atoms with Gasteiger partial charge in [0, 0.05) is 12.1 Å². The fourth-order valence-corrected chi connectivity index (χ4v) is 3.00. The molecule has 1 fully saturated rings. The average molecular weight is 318 g/mol. The van der Waals surface area contributed by atoms with Gasteiger partial charge in [-0.15, -0.1) is 0 Å². The lowest BCUT2D eigenvalue weighted by molar-refractivity contribution is -0.144. The maximum absolute atomic E-state index is 12.7. The molecule has 0 saturated carbocycles. The summed E-state index contributed by atoms with van der Waals surface area (Å²) in [6.07, 6.45) is 1.23. The van der Waals surface area contributed by atoms with Crippen LogP contribution in [0.1, 0.15) is 30.1 Å². The summed E-state index contributed by atoms with van der Waals surface area (Å²) in [7, 11) is 0. The van der Waals surface area contributed by atoms with E-state index >= 15 is 0 Å². The molecule has 1 aromatic rings. The lowest BCUT2D eigenvalue weighted by atomic mass is 9.92. The van der Waals surface area contributed by atoms with Crippen molar-refractivity contribution >= 4 is 23.5 Å². The number of rotatable bonds is 2. The van der Waals surface area contributed by atoms with E-state index in [4.69, 9.17) is 4.74 Å². The smallest absolute Gasteiger partial charge is 0.326 e. The fraction of sp³-hybridized carbons (Fsp3) is 0.438. The molecule has 1 aromatic carbocycles. The van der Waals surface area contributed by atoms with Gasteiger partial charge in [-0.25, -0.2) is 4.79 Å². The molecule has 0 bridgehead atoms. The summed E-state index contributed by atoms with van der Waals surface area (Å²) in [5.74, 6) is -0.830. The first-order valence-electron chi connectivity index (χ1n) is 7.56. The molecular formula is C16H18N2O5. The minimum Gasteiger partial charge on any atom is -0.482 e. The predicted octanol–water partition coefficient (Wildman–Crippen LogP) is 1.34. The molecule has 2 N–H and O–H groups in total. The Morgan fingerprint density at radius 1 is 1.39 bits per heavy atom. The largest absolute Gasteiger partial charge is 0.482 e. The molecule has 0 spiro atoms. The van der Waals surface area contributed by atoms with Crippen LogP contribution in [0.15, 0.2) is 18.2 Å². The van der Waals surface area contributed by atoms with Gasteiger partial charge < -0.3 is 20.1 Å². The number of nitrogens with zero attached hydrogens (tertiary/aromatic N) is 1. The Morgan fingerprint density at radius 3 is 2.91 bits per heavy atom. The number of hydrogen-bond donors (Lipinski definition) is 2. The van der Waals surface area contributed by atoms with Crippen molar-refractivity contribution in [3.05, 3.63) is 23.8 Å². The van der Waals surface area contributed by atoms with Crippen LogP contribution < -0.4 is 10.1 Å². The van der Waals surface area contributed by atoms with Crippen LogP contribution in [0, 0.1) is 5.92 Å². The van der Waals surface area contributed by atoms with Crippen LogP contribution >= 0.6 is 0 Å². The summed E-state index contributed by atoms with van der Waals surface area (Å²) < 4.78 is 5.26. The number of likely N-dealkylation sites (tertiary alicyclic amines) is 1. The molecule has 3 rings (SSSR count). The Kier molecular flexibility index (Phi) is 3.94. The van der Waals surface area contributed by atoms with Crippen LogP contribution in [0.5, 0.6) is 5.75 Å². The van der Waals surface area contributed by atoms with E-state index in [1.54, 1.807) is 12.1 Å². The summed E-state index contributed by atoms with van der Waals surface area (Å²) in [5.41, 5.74) is 0.778. The van der Waals surface area contributed by atoms with Crippen LogP contribution in [0.25, 0.3) is 0 Å². The number of fused-ring (bicyclic) bond motifs is 1. The number of carboxylic acid groups (broad SMARTS) is 1.